The molecule has 1 aromatic rings. The number of halogens is 2. The van der Waals surface area contributed by atoms with Crippen molar-refractivity contribution in [2.24, 2.45) is 10.9 Å². The smallest absolute Gasteiger partial charge is 0.410 e. The first-order valence-electron chi connectivity index (χ1n) is 10.5. The van der Waals surface area contributed by atoms with Gasteiger partial charge in [0.1, 0.15) is 5.60 Å². The number of aliphatic imine (C=N–C) groups is 1. The second kappa shape index (κ2) is 12.3. The van der Waals surface area contributed by atoms with Gasteiger partial charge in [-0.25, -0.2) is 9.18 Å². The zero-order valence-corrected chi connectivity index (χ0v) is 21.5. The zero-order valence-electron chi connectivity index (χ0n) is 19.2. The van der Waals surface area contributed by atoms with Crippen molar-refractivity contribution in [3.63, 3.8) is 0 Å². The molecule has 0 atom stereocenters. The lowest BCUT2D eigenvalue weighted by Gasteiger charge is -2.36. The predicted octanol–water partition coefficient (Wildman–Crippen LogP) is 4.19. The summed E-state index contributed by atoms with van der Waals surface area (Å²) < 4.78 is 19.0. The molecule has 1 heterocycles. The van der Waals surface area contributed by atoms with Crippen LogP contribution in [-0.4, -0.2) is 65.8 Å². The number of amides is 1. The van der Waals surface area contributed by atoms with Crippen molar-refractivity contribution in [2.75, 3.05) is 33.2 Å². The van der Waals surface area contributed by atoms with Crippen LogP contribution in [0.1, 0.15) is 46.1 Å². The number of benzene rings is 1. The molecular formula is C22H36FIN4O3. The summed E-state index contributed by atoms with van der Waals surface area (Å²) in [6.45, 7) is 11.0. The van der Waals surface area contributed by atoms with E-state index in [1.165, 1.54) is 12.1 Å². The molecule has 1 aromatic carbocycles. The van der Waals surface area contributed by atoms with Crippen LogP contribution in [-0.2, 0) is 11.3 Å². The molecule has 1 amide bonds. The van der Waals surface area contributed by atoms with Crippen molar-refractivity contribution in [1.29, 1.82) is 0 Å². The van der Waals surface area contributed by atoms with Crippen molar-refractivity contribution in [1.82, 2.24) is 15.1 Å². The Morgan fingerprint density at radius 2 is 2.00 bits per heavy atom. The number of guanidine groups is 1. The normalized spacial score (nSPS) is 15.3. The van der Waals surface area contributed by atoms with E-state index in [1.54, 1.807) is 18.0 Å². The average Bonchev–Trinajstić information content (AvgIpc) is 2.68. The van der Waals surface area contributed by atoms with Crippen molar-refractivity contribution in [3.8, 4) is 5.75 Å². The van der Waals surface area contributed by atoms with Gasteiger partial charge in [0.05, 0.1) is 0 Å². The zero-order chi connectivity index (χ0) is 22.3. The van der Waals surface area contributed by atoms with Gasteiger partial charge in [-0.1, -0.05) is 6.07 Å². The first kappa shape index (κ1) is 27.3. The third-order valence-corrected chi connectivity index (χ3v) is 5.10. The number of piperidine rings is 1. The lowest BCUT2D eigenvalue weighted by Crippen LogP contribution is -2.47. The first-order chi connectivity index (χ1) is 14.1. The van der Waals surface area contributed by atoms with Gasteiger partial charge in [-0.05, 0) is 64.2 Å². The summed E-state index contributed by atoms with van der Waals surface area (Å²) in [5, 5.41) is 12.6. The second-order valence-corrected chi connectivity index (χ2v) is 8.64. The molecule has 176 valence electrons. The first-order valence-corrected chi connectivity index (χ1v) is 10.5. The summed E-state index contributed by atoms with van der Waals surface area (Å²) in [6, 6.07) is 4.35. The standard InChI is InChI=1S/C22H35FN4O3.HI/c1-6-26(21(29)30-22(2,3)4)15-16-9-11-27(12-10-16)20(24-5)25-14-17-7-8-19(28)18(23)13-17;/h7-8,13,16,28H,6,9-12,14-15H2,1-5H3,(H,24,25);1H. The topological polar surface area (TPSA) is 77.4 Å². The van der Waals surface area contributed by atoms with Crippen molar-refractivity contribution < 1.29 is 19.0 Å². The molecule has 2 N–H and O–H groups in total. The number of rotatable bonds is 5. The monoisotopic (exact) mass is 550 g/mol. The van der Waals surface area contributed by atoms with Crippen LogP contribution in [0.3, 0.4) is 0 Å². The van der Waals surface area contributed by atoms with Crippen LogP contribution in [0.5, 0.6) is 5.75 Å². The number of carbonyl (C=O) groups is 1. The highest BCUT2D eigenvalue weighted by atomic mass is 127. The fourth-order valence-corrected chi connectivity index (χ4v) is 3.47. The van der Waals surface area contributed by atoms with E-state index < -0.39 is 11.4 Å². The third kappa shape index (κ3) is 8.70. The lowest BCUT2D eigenvalue weighted by atomic mass is 9.96. The highest BCUT2D eigenvalue weighted by Gasteiger charge is 2.27. The van der Waals surface area contributed by atoms with Crippen LogP contribution >= 0.6 is 24.0 Å². The molecule has 0 bridgehead atoms. The number of hydrogen-bond acceptors (Lipinski definition) is 4. The van der Waals surface area contributed by atoms with Crippen LogP contribution in [0.15, 0.2) is 23.2 Å². The summed E-state index contributed by atoms with van der Waals surface area (Å²) in [6.07, 6.45) is 1.65. The number of hydrogen-bond donors (Lipinski definition) is 2. The molecule has 0 aliphatic carbocycles. The Labute approximate surface area is 202 Å². The SMILES string of the molecule is CCN(CC1CCN(C(=NC)NCc2ccc(O)c(F)c2)CC1)C(=O)OC(C)(C)C.I. The number of nitrogens with one attached hydrogen (secondary N) is 1. The lowest BCUT2D eigenvalue weighted by molar-refractivity contribution is 0.0214. The molecule has 0 saturated carbocycles. The number of carbonyl (C=O) groups excluding carboxylic acids is 1. The van der Waals surface area contributed by atoms with E-state index in [4.69, 9.17) is 4.74 Å². The largest absolute Gasteiger partial charge is 0.505 e. The predicted molar refractivity (Wildman–Crippen MR) is 131 cm³/mol. The molecule has 1 aliphatic heterocycles. The minimum atomic E-state index is -0.629. The van der Waals surface area contributed by atoms with Crippen molar-refractivity contribution in [3.05, 3.63) is 29.6 Å². The second-order valence-electron chi connectivity index (χ2n) is 8.64. The summed E-state index contributed by atoms with van der Waals surface area (Å²) in [4.78, 5) is 20.7. The van der Waals surface area contributed by atoms with E-state index in [-0.39, 0.29) is 35.8 Å². The number of phenolic OH excluding ortho intramolecular Hbond substituents is 1. The maximum absolute atomic E-state index is 13.5. The molecule has 31 heavy (non-hydrogen) atoms. The quantitative estimate of drug-likeness (QED) is 0.327. The fourth-order valence-electron chi connectivity index (χ4n) is 3.47. The summed E-state index contributed by atoms with van der Waals surface area (Å²) >= 11 is 0. The van der Waals surface area contributed by atoms with Gasteiger partial charge in [-0.2, -0.15) is 0 Å². The summed E-state index contributed by atoms with van der Waals surface area (Å²) in [5.74, 6) is 0.202. The third-order valence-electron chi connectivity index (χ3n) is 5.10. The highest BCUT2D eigenvalue weighted by molar-refractivity contribution is 14.0. The number of ether oxygens (including phenoxy) is 1. The van der Waals surface area contributed by atoms with Gasteiger partial charge in [0.25, 0.3) is 0 Å². The average molecular weight is 550 g/mol. The molecule has 9 heteroatoms. The van der Waals surface area contributed by atoms with Crippen LogP contribution in [0, 0.1) is 11.7 Å². The van der Waals surface area contributed by atoms with E-state index in [0.29, 0.717) is 25.6 Å². The molecule has 2 rings (SSSR count). The molecule has 0 spiro atoms. The summed E-state index contributed by atoms with van der Waals surface area (Å²) in [7, 11) is 1.73. The Bertz CT molecular complexity index is 747. The van der Waals surface area contributed by atoms with Crippen LogP contribution in [0.2, 0.25) is 0 Å². The number of nitrogens with zero attached hydrogens (tertiary/aromatic N) is 3. The van der Waals surface area contributed by atoms with E-state index >= 15 is 0 Å². The molecule has 0 unspecified atom stereocenters. The van der Waals surface area contributed by atoms with E-state index in [9.17, 15) is 14.3 Å². The molecule has 1 fully saturated rings. The molecule has 7 nitrogen and oxygen atoms in total. The Kier molecular flexibility index (Phi) is 10.8. The van der Waals surface area contributed by atoms with Crippen molar-refractivity contribution in [2.45, 2.75) is 52.7 Å². The minimum Gasteiger partial charge on any atom is -0.505 e. The van der Waals surface area contributed by atoms with Gasteiger partial charge in [0, 0.05) is 39.8 Å². The Morgan fingerprint density at radius 1 is 1.35 bits per heavy atom. The molecule has 1 saturated heterocycles. The van der Waals surface area contributed by atoms with Gasteiger partial charge in [0.2, 0.25) is 0 Å². The van der Waals surface area contributed by atoms with E-state index in [1.807, 2.05) is 27.7 Å². The van der Waals surface area contributed by atoms with Crippen LogP contribution in [0.25, 0.3) is 0 Å². The maximum Gasteiger partial charge on any atom is 0.410 e. The Morgan fingerprint density at radius 3 is 2.52 bits per heavy atom. The van der Waals surface area contributed by atoms with Gasteiger partial charge >= 0.3 is 6.09 Å². The van der Waals surface area contributed by atoms with Gasteiger partial charge < -0.3 is 25.0 Å². The van der Waals surface area contributed by atoms with Gasteiger partial charge in [-0.15, -0.1) is 24.0 Å². The number of likely N-dealkylation sites (tertiary alicyclic amines) is 1. The van der Waals surface area contributed by atoms with Crippen LogP contribution < -0.4 is 5.32 Å². The Hall–Kier alpha value is -1.78. The number of phenols is 1. The molecule has 0 radical (unpaired) electrons. The minimum absolute atomic E-state index is 0. The van der Waals surface area contributed by atoms with Gasteiger partial charge in [-0.3, -0.25) is 4.99 Å². The summed E-state index contributed by atoms with van der Waals surface area (Å²) in [5.41, 5.74) is 0.240. The van der Waals surface area contributed by atoms with E-state index in [2.05, 4.69) is 15.2 Å². The fraction of sp³-hybridized carbons (Fsp3) is 0.636. The highest BCUT2D eigenvalue weighted by Crippen LogP contribution is 2.20. The van der Waals surface area contributed by atoms with E-state index in [0.717, 1.165) is 37.5 Å². The molecule has 0 aromatic heterocycles. The molecule has 1 aliphatic rings. The Balaban J connectivity index is 0.00000480. The van der Waals surface area contributed by atoms with Crippen LogP contribution in [0.4, 0.5) is 9.18 Å². The molecular weight excluding hydrogens is 514 g/mol. The maximum atomic E-state index is 13.5. The number of aromatic hydroxyl groups is 1. The van der Waals surface area contributed by atoms with Crippen molar-refractivity contribution >= 4 is 36.0 Å². The van der Waals surface area contributed by atoms with Gasteiger partial charge in [0.15, 0.2) is 17.5 Å².